The van der Waals surface area contributed by atoms with E-state index in [0.29, 0.717) is 0 Å². The fourth-order valence-corrected chi connectivity index (χ4v) is 3.45. The zero-order valence-electron chi connectivity index (χ0n) is 19.9. The molecule has 0 spiro atoms. The van der Waals surface area contributed by atoms with E-state index in [4.69, 9.17) is 14.7 Å². The van der Waals surface area contributed by atoms with Crippen molar-refractivity contribution in [2.75, 3.05) is 27.2 Å². The van der Waals surface area contributed by atoms with Crippen LogP contribution in [0, 0.1) is 0 Å². The Morgan fingerprint density at radius 1 is 0.679 bits per heavy atom. The molecule has 0 radical (unpaired) electrons. The van der Waals surface area contributed by atoms with E-state index in [2.05, 4.69) is 20.9 Å². The van der Waals surface area contributed by atoms with Crippen LogP contribution >= 0.6 is 0 Å². The smallest absolute Gasteiger partial charge is 0.109 e. The lowest BCUT2D eigenvalue weighted by Gasteiger charge is -2.30. The molecule has 0 aliphatic heterocycles. The van der Waals surface area contributed by atoms with Gasteiger partial charge in [0.25, 0.3) is 0 Å². The Kier molecular flexibility index (Phi) is 24.0. The number of hydrogen-bond acceptors (Lipinski definition) is 3. The molecule has 0 saturated carbocycles. The van der Waals surface area contributed by atoms with Gasteiger partial charge in [-0.25, -0.2) is 4.84 Å². The molecule has 0 aliphatic carbocycles. The number of hydroxylamine groups is 3. The summed E-state index contributed by atoms with van der Waals surface area (Å²) in [6, 6.07) is 0. The van der Waals surface area contributed by atoms with Gasteiger partial charge in [0, 0.05) is 5.97 Å². The zero-order chi connectivity index (χ0) is 21.5. The Labute approximate surface area is 176 Å². The summed E-state index contributed by atoms with van der Waals surface area (Å²) in [6.07, 6.45) is 22.3. The topological polar surface area (TPSA) is 49.4 Å². The molecule has 170 valence electrons. The second-order valence-corrected chi connectivity index (χ2v) is 8.37. The van der Waals surface area contributed by atoms with Crippen molar-refractivity contribution in [3.63, 3.8) is 0 Å². The maximum atomic E-state index is 8.89. The van der Waals surface area contributed by atoms with Crippen molar-refractivity contribution < 1.29 is 19.4 Å². The second-order valence-electron chi connectivity index (χ2n) is 8.37. The molecule has 0 atom stereocenters. The van der Waals surface area contributed by atoms with E-state index in [1.54, 1.807) is 0 Å². The lowest BCUT2D eigenvalue weighted by molar-refractivity contribution is -1.09. The SMILES string of the molecule is CC(=O)[O-].CCCCCCCCCC[N+](C)(CCCCCCCCCC)OC. The average molecular weight is 402 g/mol. The second kappa shape index (κ2) is 22.7. The van der Waals surface area contributed by atoms with Gasteiger partial charge < -0.3 is 9.90 Å². The first-order chi connectivity index (χ1) is 13.4. The van der Waals surface area contributed by atoms with Gasteiger partial charge in [-0.3, -0.25) is 0 Å². The summed E-state index contributed by atoms with van der Waals surface area (Å²) in [5, 5.41) is 8.89. The highest BCUT2D eigenvalue weighted by atomic mass is 16.7. The Morgan fingerprint density at radius 3 is 1.18 bits per heavy atom. The highest BCUT2D eigenvalue weighted by molar-refractivity contribution is 5.60. The minimum absolute atomic E-state index is 0.811. The van der Waals surface area contributed by atoms with Crippen LogP contribution in [-0.2, 0) is 9.63 Å². The Bertz CT molecular complexity index is 297. The number of carbonyl (C=O) groups is 1. The zero-order valence-corrected chi connectivity index (χ0v) is 19.9. The molecule has 4 nitrogen and oxygen atoms in total. The predicted octanol–water partition coefficient (Wildman–Crippen LogP) is 6.03. The van der Waals surface area contributed by atoms with Crippen molar-refractivity contribution in [1.82, 2.24) is 0 Å². The first-order valence-corrected chi connectivity index (χ1v) is 12.0. The number of aliphatic carboxylic acids is 1. The molecule has 28 heavy (non-hydrogen) atoms. The Balaban J connectivity index is 0. The molecule has 0 aromatic heterocycles. The monoisotopic (exact) mass is 401 g/mol. The van der Waals surface area contributed by atoms with Crippen molar-refractivity contribution >= 4 is 5.97 Å². The number of hydrogen-bond donors (Lipinski definition) is 0. The normalized spacial score (nSPS) is 11.2. The van der Waals surface area contributed by atoms with E-state index in [1.165, 1.54) is 116 Å². The van der Waals surface area contributed by atoms with Crippen molar-refractivity contribution in [3.8, 4) is 0 Å². The van der Waals surface area contributed by atoms with Crippen molar-refractivity contribution in [3.05, 3.63) is 0 Å². The number of nitrogens with zero attached hydrogens (tertiary/aromatic N) is 1. The summed E-state index contributed by atoms with van der Waals surface area (Å²) in [4.78, 5) is 14.7. The summed E-state index contributed by atoms with van der Waals surface area (Å²) >= 11 is 0. The third-order valence-electron chi connectivity index (χ3n) is 5.41. The molecular weight excluding hydrogens is 350 g/mol. The molecule has 0 amide bonds. The Morgan fingerprint density at radius 2 is 0.929 bits per heavy atom. The third-order valence-corrected chi connectivity index (χ3v) is 5.41. The average Bonchev–Trinajstić information content (AvgIpc) is 2.65. The number of quaternary nitrogens is 1. The van der Waals surface area contributed by atoms with Gasteiger partial charge in [0.2, 0.25) is 0 Å². The molecule has 0 aromatic rings. The van der Waals surface area contributed by atoms with Gasteiger partial charge in [0.15, 0.2) is 0 Å². The molecule has 0 unspecified atom stereocenters. The highest BCUT2D eigenvalue weighted by Gasteiger charge is 2.20. The first kappa shape index (κ1) is 29.6. The third kappa shape index (κ3) is 25.4. The van der Waals surface area contributed by atoms with Gasteiger partial charge in [0.05, 0.1) is 14.2 Å². The van der Waals surface area contributed by atoms with Gasteiger partial charge in [-0.2, -0.15) is 4.65 Å². The van der Waals surface area contributed by atoms with Gasteiger partial charge in [-0.05, 0) is 32.6 Å². The van der Waals surface area contributed by atoms with Crippen LogP contribution in [0.2, 0.25) is 0 Å². The van der Waals surface area contributed by atoms with Crippen LogP contribution in [0.5, 0.6) is 0 Å². The molecule has 0 fully saturated rings. The first-order valence-electron chi connectivity index (χ1n) is 12.0. The summed E-state index contributed by atoms with van der Waals surface area (Å²) in [5.74, 6) is -1.08. The summed E-state index contributed by atoms with van der Waals surface area (Å²) in [6.45, 7) is 7.91. The van der Waals surface area contributed by atoms with Crippen molar-refractivity contribution in [2.24, 2.45) is 0 Å². The fourth-order valence-electron chi connectivity index (χ4n) is 3.45. The molecule has 0 saturated heterocycles. The maximum absolute atomic E-state index is 8.89. The molecule has 0 heterocycles. The number of carboxylic acid groups (broad SMARTS) is 1. The van der Waals surface area contributed by atoms with E-state index < -0.39 is 5.97 Å². The fraction of sp³-hybridized carbons (Fsp3) is 0.958. The molecule has 4 heteroatoms. The Hall–Kier alpha value is -0.610. The largest absolute Gasteiger partial charge is 0.550 e. The summed E-state index contributed by atoms with van der Waals surface area (Å²) < 4.78 is 0.811. The summed E-state index contributed by atoms with van der Waals surface area (Å²) in [7, 11) is 4.15. The van der Waals surface area contributed by atoms with Gasteiger partial charge >= 0.3 is 0 Å². The van der Waals surface area contributed by atoms with E-state index >= 15 is 0 Å². The van der Waals surface area contributed by atoms with Crippen LogP contribution in [0.4, 0.5) is 0 Å². The molecule has 0 bridgehead atoms. The van der Waals surface area contributed by atoms with Crippen LogP contribution in [0.25, 0.3) is 0 Å². The number of carboxylic acids is 1. The highest BCUT2D eigenvalue weighted by Crippen LogP contribution is 2.14. The van der Waals surface area contributed by atoms with Gasteiger partial charge in [-0.15, -0.1) is 0 Å². The van der Waals surface area contributed by atoms with Crippen LogP contribution < -0.4 is 5.11 Å². The molecule has 0 aromatic carbocycles. The standard InChI is InChI=1S/C22H48NO.C2H4O2/c1-5-7-9-11-13-15-17-19-21-23(3,24-4)22-20-18-16-14-12-10-8-6-2;1-2(3)4/h5-22H2,1-4H3;1H3,(H,3,4)/q+1;/p-1. The summed E-state index contributed by atoms with van der Waals surface area (Å²) in [5.41, 5.74) is 0. The lowest BCUT2D eigenvalue weighted by atomic mass is 10.1. The quantitative estimate of drug-likeness (QED) is 0.151. The van der Waals surface area contributed by atoms with Crippen molar-refractivity contribution in [1.29, 1.82) is 0 Å². The van der Waals surface area contributed by atoms with E-state index in [1.807, 2.05) is 7.11 Å². The predicted molar refractivity (Wildman–Crippen MR) is 119 cm³/mol. The van der Waals surface area contributed by atoms with Gasteiger partial charge in [0.1, 0.15) is 13.1 Å². The lowest BCUT2D eigenvalue weighted by Crippen LogP contribution is -2.44. The van der Waals surface area contributed by atoms with E-state index in [0.717, 1.165) is 11.6 Å². The molecule has 0 N–H and O–H groups in total. The maximum Gasteiger partial charge on any atom is 0.109 e. The van der Waals surface area contributed by atoms with Crippen LogP contribution in [0.1, 0.15) is 124 Å². The number of unbranched alkanes of at least 4 members (excludes halogenated alkanes) is 14. The van der Waals surface area contributed by atoms with Gasteiger partial charge in [-0.1, -0.05) is 90.9 Å². The van der Waals surface area contributed by atoms with Crippen LogP contribution in [0.15, 0.2) is 0 Å². The molecular formula is C24H51NO3. The van der Waals surface area contributed by atoms with Crippen LogP contribution in [-0.4, -0.2) is 37.9 Å². The molecule has 0 rings (SSSR count). The van der Waals surface area contributed by atoms with E-state index in [9.17, 15) is 0 Å². The minimum Gasteiger partial charge on any atom is -0.550 e. The minimum atomic E-state index is -1.08. The van der Waals surface area contributed by atoms with E-state index in [-0.39, 0.29) is 0 Å². The number of rotatable bonds is 19. The van der Waals surface area contributed by atoms with Crippen molar-refractivity contribution in [2.45, 2.75) is 124 Å². The molecule has 0 aliphatic rings. The van der Waals surface area contributed by atoms with Crippen LogP contribution in [0.3, 0.4) is 0 Å². The number of carbonyl (C=O) groups excluding carboxylic acids is 1.